The van der Waals surface area contributed by atoms with Gasteiger partial charge in [0.1, 0.15) is 6.04 Å². The van der Waals surface area contributed by atoms with Crippen LogP contribution in [-0.4, -0.2) is 63.0 Å². The second kappa shape index (κ2) is 8.82. The maximum absolute atomic E-state index is 13.6. The molecule has 0 saturated carbocycles. The molecule has 3 saturated heterocycles. The minimum Gasteiger partial charge on any atom is -0.394 e. The van der Waals surface area contributed by atoms with Gasteiger partial charge in [-0.15, -0.1) is 11.8 Å². The molecule has 4 rings (SSSR count). The van der Waals surface area contributed by atoms with Crippen LogP contribution in [0.2, 0.25) is 0 Å². The number of rotatable bonds is 8. The van der Waals surface area contributed by atoms with Crippen molar-refractivity contribution < 1.29 is 19.5 Å². The molecule has 2 bridgehead atoms. The summed E-state index contributed by atoms with van der Waals surface area (Å²) in [5, 5.41) is 15.9. The zero-order valence-corrected chi connectivity index (χ0v) is 18.9. The number of likely N-dealkylation sites (tertiary alicyclic amines) is 1. The Balaban J connectivity index is 1.63. The second-order valence-corrected chi connectivity index (χ2v) is 10.4. The SMILES string of the molecule is CCCNC(=O)[C@@H]1[C@H]2C(=O)N([C@H](C)CO)C(C(=O)NCc3ccccc3)C23CC[C@H]1S3. The summed E-state index contributed by atoms with van der Waals surface area (Å²) in [6.45, 7) is 4.49. The Kier molecular flexibility index (Phi) is 6.30. The van der Waals surface area contributed by atoms with Crippen molar-refractivity contribution in [3.05, 3.63) is 35.9 Å². The van der Waals surface area contributed by atoms with Crippen molar-refractivity contribution in [3.8, 4) is 0 Å². The fourth-order valence-corrected chi connectivity index (χ4v) is 7.71. The van der Waals surface area contributed by atoms with Crippen molar-refractivity contribution in [2.45, 2.75) is 61.7 Å². The minimum atomic E-state index is -0.685. The van der Waals surface area contributed by atoms with Crippen molar-refractivity contribution in [1.29, 1.82) is 0 Å². The predicted molar refractivity (Wildman–Crippen MR) is 119 cm³/mol. The van der Waals surface area contributed by atoms with Crippen LogP contribution in [0.15, 0.2) is 30.3 Å². The van der Waals surface area contributed by atoms with Gasteiger partial charge in [0, 0.05) is 18.3 Å². The van der Waals surface area contributed by atoms with E-state index in [0.717, 1.165) is 24.8 Å². The summed E-state index contributed by atoms with van der Waals surface area (Å²) >= 11 is 1.65. The number of benzene rings is 1. The van der Waals surface area contributed by atoms with Gasteiger partial charge in [-0.05, 0) is 31.7 Å². The molecule has 0 aliphatic carbocycles. The number of hydrogen-bond acceptors (Lipinski definition) is 5. The van der Waals surface area contributed by atoms with Gasteiger partial charge >= 0.3 is 0 Å². The summed E-state index contributed by atoms with van der Waals surface area (Å²) in [5.41, 5.74) is 0.983. The molecule has 1 aromatic rings. The fraction of sp³-hybridized carbons (Fsp3) is 0.609. The van der Waals surface area contributed by atoms with E-state index >= 15 is 0 Å². The highest BCUT2D eigenvalue weighted by molar-refractivity contribution is 8.02. The number of carbonyl (C=O) groups excluding carboxylic acids is 3. The van der Waals surface area contributed by atoms with Crippen molar-refractivity contribution >= 4 is 29.5 Å². The zero-order chi connectivity index (χ0) is 22.2. The Bertz CT molecular complexity index is 850. The van der Waals surface area contributed by atoms with Crippen molar-refractivity contribution in [1.82, 2.24) is 15.5 Å². The second-order valence-electron chi connectivity index (χ2n) is 8.83. The molecule has 31 heavy (non-hydrogen) atoms. The van der Waals surface area contributed by atoms with Gasteiger partial charge in [0.2, 0.25) is 17.7 Å². The summed E-state index contributed by atoms with van der Waals surface area (Å²) in [4.78, 5) is 41.6. The predicted octanol–water partition coefficient (Wildman–Crippen LogP) is 1.30. The molecule has 6 atom stereocenters. The first-order chi connectivity index (χ1) is 14.9. The highest BCUT2D eigenvalue weighted by Gasteiger charge is 2.73. The number of fused-ring (bicyclic) bond motifs is 1. The van der Waals surface area contributed by atoms with E-state index in [1.54, 1.807) is 23.6 Å². The summed E-state index contributed by atoms with van der Waals surface area (Å²) in [6.07, 6.45) is 2.38. The van der Waals surface area contributed by atoms with Crippen molar-refractivity contribution in [2.24, 2.45) is 11.8 Å². The van der Waals surface area contributed by atoms with Gasteiger partial charge in [-0.2, -0.15) is 0 Å². The molecule has 3 aliphatic heterocycles. The molecular formula is C23H31N3O4S. The number of nitrogens with one attached hydrogen (secondary N) is 2. The maximum atomic E-state index is 13.6. The molecule has 3 aliphatic rings. The zero-order valence-electron chi connectivity index (χ0n) is 18.0. The van der Waals surface area contributed by atoms with E-state index in [-0.39, 0.29) is 29.6 Å². The molecule has 2 unspecified atom stereocenters. The van der Waals surface area contributed by atoms with Crippen LogP contribution in [0, 0.1) is 11.8 Å². The third-order valence-corrected chi connectivity index (χ3v) is 8.84. The Hall–Kier alpha value is -2.06. The molecule has 7 nitrogen and oxygen atoms in total. The molecule has 3 heterocycles. The third-order valence-electron chi connectivity index (χ3n) is 6.89. The van der Waals surface area contributed by atoms with E-state index in [9.17, 15) is 19.5 Å². The monoisotopic (exact) mass is 445 g/mol. The van der Waals surface area contributed by atoms with E-state index in [4.69, 9.17) is 0 Å². The normalized spacial score (nSPS) is 32.1. The highest BCUT2D eigenvalue weighted by Crippen LogP contribution is 2.66. The van der Waals surface area contributed by atoms with Crippen LogP contribution in [0.3, 0.4) is 0 Å². The standard InChI is InChI=1S/C23H31N3O4S/c1-3-11-24-20(28)17-16-9-10-23(31-16)18(17)22(30)26(14(2)13-27)19(23)21(29)25-12-15-7-5-4-6-8-15/h4-8,14,16-19,27H,3,9-13H2,1-2H3,(H,24,28)(H,25,29)/t14-,16-,17+,18+,19?,23?/m1/s1. The van der Waals surface area contributed by atoms with E-state index in [1.807, 2.05) is 37.3 Å². The lowest BCUT2D eigenvalue weighted by atomic mass is 9.70. The quantitative estimate of drug-likeness (QED) is 0.560. The molecule has 3 amide bonds. The molecular weight excluding hydrogens is 414 g/mol. The lowest BCUT2D eigenvalue weighted by molar-refractivity contribution is -0.142. The van der Waals surface area contributed by atoms with Crippen LogP contribution in [0.4, 0.5) is 0 Å². The first kappa shape index (κ1) is 22.1. The topological polar surface area (TPSA) is 98.7 Å². The Morgan fingerprint density at radius 2 is 2.00 bits per heavy atom. The average molecular weight is 446 g/mol. The van der Waals surface area contributed by atoms with Gasteiger partial charge < -0.3 is 20.6 Å². The van der Waals surface area contributed by atoms with Crippen LogP contribution in [0.25, 0.3) is 0 Å². The summed E-state index contributed by atoms with van der Waals surface area (Å²) in [6, 6.07) is 8.48. The molecule has 3 fully saturated rings. The first-order valence-corrected chi connectivity index (χ1v) is 12.0. The maximum Gasteiger partial charge on any atom is 0.244 e. The van der Waals surface area contributed by atoms with Gasteiger partial charge in [0.15, 0.2) is 0 Å². The third kappa shape index (κ3) is 3.63. The van der Waals surface area contributed by atoms with Crippen LogP contribution in [-0.2, 0) is 20.9 Å². The first-order valence-electron chi connectivity index (χ1n) is 11.1. The molecule has 8 heteroatoms. The van der Waals surface area contributed by atoms with Gasteiger partial charge in [0.25, 0.3) is 0 Å². The molecule has 1 aromatic carbocycles. The van der Waals surface area contributed by atoms with Crippen molar-refractivity contribution in [3.63, 3.8) is 0 Å². The smallest absolute Gasteiger partial charge is 0.244 e. The van der Waals surface area contributed by atoms with E-state index in [2.05, 4.69) is 10.6 Å². The highest BCUT2D eigenvalue weighted by atomic mass is 32.2. The summed E-state index contributed by atoms with van der Waals surface area (Å²) < 4.78 is -0.611. The van der Waals surface area contributed by atoms with Crippen LogP contribution in [0.1, 0.15) is 38.7 Å². The van der Waals surface area contributed by atoms with E-state index < -0.39 is 28.7 Å². The number of carbonyl (C=O) groups is 3. The molecule has 168 valence electrons. The Morgan fingerprint density at radius 1 is 1.26 bits per heavy atom. The number of thioether (sulfide) groups is 1. The Morgan fingerprint density at radius 3 is 2.68 bits per heavy atom. The van der Waals surface area contributed by atoms with E-state index in [0.29, 0.717) is 13.1 Å². The lowest BCUT2D eigenvalue weighted by Gasteiger charge is -2.36. The number of nitrogens with zero attached hydrogens (tertiary/aromatic N) is 1. The number of aliphatic hydroxyl groups excluding tert-OH is 1. The fourth-order valence-electron chi connectivity index (χ4n) is 5.50. The van der Waals surface area contributed by atoms with Gasteiger partial charge in [-0.1, -0.05) is 37.3 Å². The molecule has 1 spiro atoms. The minimum absolute atomic E-state index is 0.0572. The lowest BCUT2D eigenvalue weighted by Crippen LogP contribution is -2.55. The van der Waals surface area contributed by atoms with Crippen LogP contribution in [0.5, 0.6) is 0 Å². The van der Waals surface area contributed by atoms with E-state index in [1.165, 1.54) is 0 Å². The molecule has 3 N–H and O–H groups in total. The molecule has 0 radical (unpaired) electrons. The number of hydrogen-bond donors (Lipinski definition) is 3. The van der Waals surface area contributed by atoms with Gasteiger partial charge in [0.05, 0.1) is 29.2 Å². The van der Waals surface area contributed by atoms with Crippen LogP contribution < -0.4 is 10.6 Å². The number of amides is 3. The van der Waals surface area contributed by atoms with Gasteiger partial charge in [-0.25, -0.2) is 0 Å². The Labute approximate surface area is 187 Å². The number of aliphatic hydroxyl groups is 1. The van der Waals surface area contributed by atoms with Gasteiger partial charge in [-0.3, -0.25) is 14.4 Å². The largest absolute Gasteiger partial charge is 0.394 e. The molecule has 0 aromatic heterocycles. The van der Waals surface area contributed by atoms with Crippen LogP contribution >= 0.6 is 11.8 Å². The summed E-state index contributed by atoms with van der Waals surface area (Å²) in [7, 11) is 0. The van der Waals surface area contributed by atoms with Crippen molar-refractivity contribution in [2.75, 3.05) is 13.2 Å². The summed E-state index contributed by atoms with van der Waals surface area (Å²) in [5.74, 6) is -1.40. The average Bonchev–Trinajstić information content (AvgIpc) is 3.43.